The highest BCUT2D eigenvalue weighted by Gasteiger charge is 2.18. The molecular formula is C15H12BrCl3O. The molecule has 0 aliphatic carbocycles. The lowest BCUT2D eigenvalue weighted by Gasteiger charge is -2.17. The van der Waals surface area contributed by atoms with Crippen molar-refractivity contribution in [3.63, 3.8) is 0 Å². The van der Waals surface area contributed by atoms with Crippen LogP contribution in [0.2, 0.25) is 15.1 Å². The number of aryl methyl sites for hydroxylation is 1. The van der Waals surface area contributed by atoms with Crippen molar-refractivity contribution in [3.8, 4) is 5.75 Å². The van der Waals surface area contributed by atoms with E-state index in [1.807, 2.05) is 31.2 Å². The monoisotopic (exact) mass is 392 g/mol. The predicted molar refractivity (Wildman–Crippen MR) is 90.0 cm³/mol. The van der Waals surface area contributed by atoms with Gasteiger partial charge in [0.2, 0.25) is 0 Å². The minimum atomic E-state index is -0.0860. The lowest BCUT2D eigenvalue weighted by atomic mass is 10.0. The minimum absolute atomic E-state index is 0.0860. The van der Waals surface area contributed by atoms with Crippen LogP contribution in [0.3, 0.4) is 0 Å². The number of alkyl halides is 1. The Hall–Kier alpha value is -0.410. The third-order valence-corrected chi connectivity index (χ3v) is 4.90. The summed E-state index contributed by atoms with van der Waals surface area (Å²) in [5.41, 5.74) is 3.06. The molecule has 2 aromatic carbocycles. The van der Waals surface area contributed by atoms with E-state index in [0.717, 1.165) is 16.7 Å². The predicted octanol–water partition coefficient (Wildman–Crippen LogP) is 6.45. The first-order chi connectivity index (χ1) is 9.43. The molecule has 1 nitrogen and oxygen atoms in total. The van der Waals surface area contributed by atoms with Crippen LogP contribution in [0.4, 0.5) is 0 Å². The van der Waals surface area contributed by atoms with Crippen LogP contribution in [0, 0.1) is 6.92 Å². The number of rotatable bonds is 3. The Morgan fingerprint density at radius 2 is 1.70 bits per heavy atom. The molecule has 0 fully saturated rings. The topological polar surface area (TPSA) is 9.23 Å². The normalized spacial score (nSPS) is 12.3. The maximum atomic E-state index is 6.32. The zero-order valence-electron chi connectivity index (χ0n) is 10.9. The van der Waals surface area contributed by atoms with E-state index in [1.165, 1.54) is 0 Å². The fraction of sp³-hybridized carbons (Fsp3) is 0.200. The van der Waals surface area contributed by atoms with Crippen molar-refractivity contribution < 1.29 is 4.74 Å². The molecule has 0 aliphatic rings. The largest absolute Gasteiger partial charge is 0.495 e. The van der Waals surface area contributed by atoms with Gasteiger partial charge in [-0.05, 0) is 41.8 Å². The van der Waals surface area contributed by atoms with Gasteiger partial charge in [0.25, 0.3) is 0 Å². The summed E-state index contributed by atoms with van der Waals surface area (Å²) in [5.74, 6) is 0.558. The molecule has 1 unspecified atom stereocenters. The van der Waals surface area contributed by atoms with Gasteiger partial charge in [-0.1, -0.05) is 56.8 Å². The van der Waals surface area contributed by atoms with Gasteiger partial charge in [0.1, 0.15) is 5.75 Å². The van der Waals surface area contributed by atoms with Crippen LogP contribution < -0.4 is 4.74 Å². The molecule has 0 aliphatic heterocycles. The van der Waals surface area contributed by atoms with Gasteiger partial charge in [-0.2, -0.15) is 0 Å². The molecule has 0 N–H and O–H groups in total. The Balaban J connectivity index is 2.50. The van der Waals surface area contributed by atoms with Crippen LogP contribution in [0.15, 0.2) is 30.3 Å². The van der Waals surface area contributed by atoms with Crippen LogP contribution >= 0.6 is 50.7 Å². The van der Waals surface area contributed by atoms with Crippen LogP contribution in [0.5, 0.6) is 5.75 Å². The van der Waals surface area contributed by atoms with Crippen molar-refractivity contribution in [1.82, 2.24) is 0 Å². The highest BCUT2D eigenvalue weighted by Crippen LogP contribution is 2.41. The molecule has 0 spiro atoms. The van der Waals surface area contributed by atoms with Crippen molar-refractivity contribution >= 4 is 50.7 Å². The van der Waals surface area contributed by atoms with Gasteiger partial charge in [0, 0.05) is 16.1 Å². The first-order valence-corrected chi connectivity index (χ1v) is 7.92. The van der Waals surface area contributed by atoms with E-state index < -0.39 is 0 Å². The molecule has 0 bridgehead atoms. The lowest BCUT2D eigenvalue weighted by Crippen LogP contribution is -1.98. The number of benzene rings is 2. The molecule has 2 rings (SSSR count). The summed E-state index contributed by atoms with van der Waals surface area (Å²) in [6.07, 6.45) is 0. The molecular weight excluding hydrogens is 382 g/mol. The van der Waals surface area contributed by atoms with E-state index in [1.54, 1.807) is 13.2 Å². The van der Waals surface area contributed by atoms with E-state index >= 15 is 0 Å². The fourth-order valence-electron chi connectivity index (χ4n) is 1.95. The zero-order valence-corrected chi connectivity index (χ0v) is 14.7. The molecule has 20 heavy (non-hydrogen) atoms. The molecule has 0 saturated carbocycles. The SMILES string of the molecule is COc1cc(Cl)c(C(Br)c2cc(Cl)ccc2C)cc1Cl. The minimum Gasteiger partial charge on any atom is -0.495 e. The third-order valence-electron chi connectivity index (χ3n) is 3.06. The zero-order chi connectivity index (χ0) is 14.9. The van der Waals surface area contributed by atoms with Gasteiger partial charge in [0.05, 0.1) is 17.0 Å². The summed E-state index contributed by atoms with van der Waals surface area (Å²) in [6.45, 7) is 2.03. The van der Waals surface area contributed by atoms with E-state index in [-0.39, 0.29) is 4.83 Å². The van der Waals surface area contributed by atoms with E-state index in [0.29, 0.717) is 20.8 Å². The van der Waals surface area contributed by atoms with E-state index in [4.69, 9.17) is 39.5 Å². The maximum Gasteiger partial charge on any atom is 0.138 e. The van der Waals surface area contributed by atoms with Gasteiger partial charge in [0.15, 0.2) is 0 Å². The molecule has 106 valence electrons. The van der Waals surface area contributed by atoms with Gasteiger partial charge < -0.3 is 4.74 Å². The van der Waals surface area contributed by atoms with Crippen molar-refractivity contribution in [2.45, 2.75) is 11.8 Å². The first-order valence-electron chi connectivity index (χ1n) is 5.87. The number of halogens is 4. The van der Waals surface area contributed by atoms with E-state index in [2.05, 4.69) is 15.9 Å². The van der Waals surface area contributed by atoms with E-state index in [9.17, 15) is 0 Å². The Labute approximate surface area is 141 Å². The average Bonchev–Trinajstić information content (AvgIpc) is 2.42. The summed E-state index contributed by atoms with van der Waals surface area (Å²) in [4.78, 5) is -0.0860. The van der Waals surface area contributed by atoms with Crippen LogP contribution in [0.1, 0.15) is 21.5 Å². The Kier molecular flexibility index (Phi) is 5.25. The van der Waals surface area contributed by atoms with Crippen LogP contribution in [-0.2, 0) is 0 Å². The van der Waals surface area contributed by atoms with Crippen molar-refractivity contribution in [2.75, 3.05) is 7.11 Å². The first kappa shape index (κ1) is 16.0. The van der Waals surface area contributed by atoms with Gasteiger partial charge in [-0.3, -0.25) is 0 Å². The second-order valence-electron chi connectivity index (χ2n) is 4.37. The smallest absolute Gasteiger partial charge is 0.138 e. The second kappa shape index (κ2) is 6.57. The summed E-state index contributed by atoms with van der Waals surface area (Å²) >= 11 is 22.2. The summed E-state index contributed by atoms with van der Waals surface area (Å²) < 4.78 is 5.16. The highest BCUT2D eigenvalue weighted by molar-refractivity contribution is 9.09. The average molecular weight is 395 g/mol. The van der Waals surface area contributed by atoms with Gasteiger partial charge in [-0.15, -0.1) is 0 Å². The Morgan fingerprint density at radius 3 is 2.35 bits per heavy atom. The van der Waals surface area contributed by atoms with Gasteiger partial charge >= 0.3 is 0 Å². The number of methoxy groups -OCH3 is 1. The molecule has 5 heteroatoms. The molecule has 0 radical (unpaired) electrons. The number of hydrogen-bond acceptors (Lipinski definition) is 1. The van der Waals surface area contributed by atoms with Crippen molar-refractivity contribution in [3.05, 3.63) is 62.1 Å². The molecule has 0 saturated heterocycles. The molecule has 1 atom stereocenters. The standard InChI is InChI=1S/C15H12BrCl3O/c1-8-3-4-9(17)5-10(8)15(16)11-6-13(19)14(20-2)7-12(11)18/h3-7,15H,1-2H3. The molecule has 0 heterocycles. The summed E-state index contributed by atoms with van der Waals surface area (Å²) in [5, 5.41) is 1.80. The fourth-order valence-corrected chi connectivity index (χ4v) is 3.64. The quantitative estimate of drug-likeness (QED) is 0.544. The molecule has 0 amide bonds. The second-order valence-corrected chi connectivity index (χ2v) is 6.54. The van der Waals surface area contributed by atoms with Crippen LogP contribution in [0.25, 0.3) is 0 Å². The van der Waals surface area contributed by atoms with Crippen LogP contribution in [-0.4, -0.2) is 7.11 Å². The summed E-state index contributed by atoms with van der Waals surface area (Å²) in [6, 6.07) is 9.29. The Morgan fingerprint density at radius 1 is 1.00 bits per heavy atom. The molecule has 2 aromatic rings. The number of hydrogen-bond donors (Lipinski definition) is 0. The highest BCUT2D eigenvalue weighted by atomic mass is 79.9. The van der Waals surface area contributed by atoms with Gasteiger partial charge in [-0.25, -0.2) is 0 Å². The summed E-state index contributed by atoms with van der Waals surface area (Å²) in [7, 11) is 1.56. The Bertz CT molecular complexity index is 643. The van der Waals surface area contributed by atoms with Crippen molar-refractivity contribution in [1.29, 1.82) is 0 Å². The van der Waals surface area contributed by atoms with Crippen molar-refractivity contribution in [2.24, 2.45) is 0 Å². The third kappa shape index (κ3) is 3.25. The number of ether oxygens (including phenoxy) is 1. The maximum absolute atomic E-state index is 6.32. The lowest BCUT2D eigenvalue weighted by molar-refractivity contribution is 0.415. The molecule has 0 aromatic heterocycles.